The van der Waals surface area contributed by atoms with E-state index in [0.29, 0.717) is 6.42 Å². The Balaban J connectivity index is 2.02. The van der Waals surface area contributed by atoms with Crippen LogP contribution in [0.2, 0.25) is 0 Å². The summed E-state index contributed by atoms with van der Waals surface area (Å²) in [5, 5.41) is 12.4. The maximum atomic E-state index is 12.5. The van der Waals surface area contributed by atoms with Gasteiger partial charge in [-0.3, -0.25) is 4.79 Å². The van der Waals surface area contributed by atoms with Crippen molar-refractivity contribution < 1.29 is 14.7 Å². The molecule has 1 saturated heterocycles. The lowest BCUT2D eigenvalue weighted by molar-refractivity contribution is -0.148. The van der Waals surface area contributed by atoms with Crippen LogP contribution in [0.15, 0.2) is 0 Å². The third-order valence-electron chi connectivity index (χ3n) is 5.05. The molecule has 2 amide bonds. The summed E-state index contributed by atoms with van der Waals surface area (Å²) < 4.78 is 0. The van der Waals surface area contributed by atoms with Crippen molar-refractivity contribution >= 4 is 12.0 Å². The fraction of sp³-hybridized carbons (Fsp3) is 0.867. The summed E-state index contributed by atoms with van der Waals surface area (Å²) in [7, 11) is 2.07. The van der Waals surface area contributed by atoms with E-state index in [9.17, 15) is 14.7 Å². The van der Waals surface area contributed by atoms with E-state index in [2.05, 4.69) is 17.3 Å². The number of carboxylic acids is 1. The van der Waals surface area contributed by atoms with Crippen molar-refractivity contribution in [2.45, 2.75) is 51.6 Å². The van der Waals surface area contributed by atoms with E-state index in [1.807, 2.05) is 11.8 Å². The molecule has 1 aliphatic heterocycles. The zero-order valence-electron chi connectivity index (χ0n) is 13.3. The first-order valence-electron chi connectivity index (χ1n) is 7.83. The molecule has 0 aromatic carbocycles. The number of hydrogen-bond donors (Lipinski definition) is 2. The minimum Gasteiger partial charge on any atom is -0.481 e. The topological polar surface area (TPSA) is 72.9 Å². The fourth-order valence-electron chi connectivity index (χ4n) is 3.56. The van der Waals surface area contributed by atoms with Gasteiger partial charge in [-0.05, 0) is 46.7 Å². The minimum absolute atomic E-state index is 0.114. The van der Waals surface area contributed by atoms with Crippen LogP contribution < -0.4 is 5.32 Å². The summed E-state index contributed by atoms with van der Waals surface area (Å²) in [6.45, 7) is 6.37. The Morgan fingerprint density at radius 2 is 2.00 bits per heavy atom. The molecule has 0 aromatic heterocycles. The summed E-state index contributed by atoms with van der Waals surface area (Å²) in [6, 6.07) is -0.233. The Hall–Kier alpha value is -1.30. The van der Waals surface area contributed by atoms with Crippen molar-refractivity contribution in [1.82, 2.24) is 15.1 Å². The van der Waals surface area contributed by atoms with Gasteiger partial charge in [0.2, 0.25) is 0 Å². The van der Waals surface area contributed by atoms with Crippen molar-refractivity contribution in [3.63, 3.8) is 0 Å². The van der Waals surface area contributed by atoms with E-state index in [-0.39, 0.29) is 18.1 Å². The first kappa shape index (κ1) is 16.1. The molecule has 2 aliphatic rings. The highest BCUT2D eigenvalue weighted by Crippen LogP contribution is 2.38. The molecule has 2 N–H and O–H groups in total. The average Bonchev–Trinajstić information content (AvgIpc) is 2.67. The molecular weight excluding hydrogens is 270 g/mol. The summed E-state index contributed by atoms with van der Waals surface area (Å²) in [4.78, 5) is 28.1. The zero-order chi connectivity index (χ0) is 15.6. The second-order valence-corrected chi connectivity index (χ2v) is 6.78. The highest BCUT2D eigenvalue weighted by atomic mass is 16.4. The van der Waals surface area contributed by atoms with E-state index in [1.165, 1.54) is 0 Å². The summed E-state index contributed by atoms with van der Waals surface area (Å²) >= 11 is 0. The van der Waals surface area contributed by atoms with Gasteiger partial charge in [0, 0.05) is 25.2 Å². The van der Waals surface area contributed by atoms with Crippen LogP contribution in [0.4, 0.5) is 4.79 Å². The van der Waals surface area contributed by atoms with Crippen LogP contribution in [0.5, 0.6) is 0 Å². The highest BCUT2D eigenvalue weighted by molar-refractivity contribution is 5.79. The van der Waals surface area contributed by atoms with Gasteiger partial charge in [0.25, 0.3) is 0 Å². The van der Waals surface area contributed by atoms with Crippen molar-refractivity contribution in [2.24, 2.45) is 5.41 Å². The van der Waals surface area contributed by atoms with Gasteiger partial charge < -0.3 is 20.2 Å². The first-order chi connectivity index (χ1) is 9.84. The van der Waals surface area contributed by atoms with Gasteiger partial charge in [-0.15, -0.1) is 0 Å². The van der Waals surface area contributed by atoms with Crippen LogP contribution in [-0.2, 0) is 4.79 Å². The number of urea groups is 1. The van der Waals surface area contributed by atoms with Crippen LogP contribution >= 0.6 is 0 Å². The number of nitrogens with one attached hydrogen (secondary N) is 1. The van der Waals surface area contributed by atoms with Crippen LogP contribution in [-0.4, -0.2) is 65.7 Å². The zero-order valence-corrected chi connectivity index (χ0v) is 13.3. The third-order valence-corrected chi connectivity index (χ3v) is 5.05. The maximum Gasteiger partial charge on any atom is 0.317 e. The molecule has 6 heteroatoms. The quantitative estimate of drug-likeness (QED) is 0.807. The van der Waals surface area contributed by atoms with E-state index >= 15 is 0 Å². The first-order valence-corrected chi connectivity index (χ1v) is 7.83. The Morgan fingerprint density at radius 1 is 1.29 bits per heavy atom. The number of aliphatic carboxylic acids is 1. The smallest absolute Gasteiger partial charge is 0.317 e. The Bertz CT molecular complexity index is 415. The van der Waals surface area contributed by atoms with Gasteiger partial charge in [0.05, 0.1) is 5.41 Å². The molecule has 1 aliphatic carbocycles. The number of carbonyl (C=O) groups is 2. The molecule has 1 saturated carbocycles. The molecule has 3 unspecified atom stereocenters. The molecule has 0 bridgehead atoms. The summed E-state index contributed by atoms with van der Waals surface area (Å²) in [6.07, 6.45) is 3.18. The molecule has 0 aromatic rings. The number of carbonyl (C=O) groups excluding carboxylic acids is 1. The molecule has 6 nitrogen and oxygen atoms in total. The largest absolute Gasteiger partial charge is 0.481 e. The minimum atomic E-state index is -0.832. The highest BCUT2D eigenvalue weighted by Gasteiger charge is 2.46. The van der Waals surface area contributed by atoms with Gasteiger partial charge in [-0.1, -0.05) is 6.42 Å². The van der Waals surface area contributed by atoms with Crippen molar-refractivity contribution in [3.05, 3.63) is 0 Å². The van der Waals surface area contributed by atoms with Crippen LogP contribution in [0.1, 0.15) is 39.5 Å². The average molecular weight is 297 g/mol. The van der Waals surface area contributed by atoms with Gasteiger partial charge in [-0.2, -0.15) is 0 Å². The van der Waals surface area contributed by atoms with Gasteiger partial charge in [0.15, 0.2) is 0 Å². The number of hydrogen-bond acceptors (Lipinski definition) is 3. The SMILES string of the molecule is CC1CN(C)CCCN1C(=O)NC1CCCC1(C)C(=O)O. The molecule has 1 heterocycles. The van der Waals surface area contributed by atoms with E-state index in [0.717, 1.165) is 38.9 Å². The number of carboxylic acid groups (broad SMARTS) is 1. The molecule has 3 atom stereocenters. The lowest BCUT2D eigenvalue weighted by Crippen LogP contribution is -2.54. The monoisotopic (exact) mass is 297 g/mol. The molecule has 21 heavy (non-hydrogen) atoms. The van der Waals surface area contributed by atoms with Crippen molar-refractivity contribution in [1.29, 1.82) is 0 Å². The number of amides is 2. The van der Waals surface area contributed by atoms with E-state index in [4.69, 9.17) is 0 Å². The Labute approximate surface area is 126 Å². The maximum absolute atomic E-state index is 12.5. The molecule has 0 spiro atoms. The van der Waals surface area contributed by atoms with Gasteiger partial charge >= 0.3 is 12.0 Å². The second-order valence-electron chi connectivity index (χ2n) is 6.78. The van der Waals surface area contributed by atoms with E-state index < -0.39 is 11.4 Å². The van der Waals surface area contributed by atoms with Gasteiger partial charge in [-0.25, -0.2) is 4.79 Å². The van der Waals surface area contributed by atoms with Gasteiger partial charge in [0.1, 0.15) is 0 Å². The summed E-state index contributed by atoms with van der Waals surface area (Å²) in [5.74, 6) is -0.811. The van der Waals surface area contributed by atoms with E-state index in [1.54, 1.807) is 6.92 Å². The predicted octanol–water partition coefficient (Wildman–Crippen LogP) is 1.37. The van der Waals surface area contributed by atoms with Crippen LogP contribution in [0.3, 0.4) is 0 Å². The molecule has 2 fully saturated rings. The second kappa shape index (κ2) is 6.22. The number of nitrogens with zero attached hydrogens (tertiary/aromatic N) is 2. The Morgan fingerprint density at radius 3 is 2.67 bits per heavy atom. The summed E-state index contributed by atoms with van der Waals surface area (Å²) in [5.41, 5.74) is -0.832. The molecular formula is C15H27N3O3. The lowest BCUT2D eigenvalue weighted by atomic mass is 9.85. The number of rotatable bonds is 2. The Kier molecular flexibility index (Phi) is 4.76. The number of likely N-dealkylation sites (N-methyl/N-ethyl adjacent to an activating group) is 1. The van der Waals surface area contributed by atoms with Crippen LogP contribution in [0.25, 0.3) is 0 Å². The molecule has 120 valence electrons. The standard InChI is InChI=1S/C15H27N3O3/c1-11-10-17(3)8-5-9-18(11)14(21)16-12-6-4-7-15(12,2)13(19)20/h11-12H,4-10H2,1-3H3,(H,16,21)(H,19,20). The fourth-order valence-corrected chi connectivity index (χ4v) is 3.56. The van der Waals surface area contributed by atoms with Crippen LogP contribution in [0, 0.1) is 5.41 Å². The molecule has 0 radical (unpaired) electrons. The van der Waals surface area contributed by atoms with Crippen molar-refractivity contribution in [2.75, 3.05) is 26.7 Å². The normalized spacial score (nSPS) is 34.5. The third kappa shape index (κ3) is 3.31. The molecule has 2 rings (SSSR count). The predicted molar refractivity (Wildman–Crippen MR) is 80.2 cm³/mol. The van der Waals surface area contributed by atoms with Crippen molar-refractivity contribution in [3.8, 4) is 0 Å². The lowest BCUT2D eigenvalue weighted by Gasteiger charge is -2.33.